The molecule has 0 bridgehead atoms. The number of carbonyl (C=O) groups excluding carboxylic acids is 1. The highest BCUT2D eigenvalue weighted by molar-refractivity contribution is 6.00. The predicted molar refractivity (Wildman–Crippen MR) is 68.8 cm³/mol. The average molecular weight is 267 g/mol. The number of carboxylic acids is 1. The van der Waals surface area contributed by atoms with Gasteiger partial charge in [-0.1, -0.05) is 12.1 Å². The molecule has 1 atom stereocenters. The van der Waals surface area contributed by atoms with Gasteiger partial charge in [-0.2, -0.15) is 0 Å². The molecule has 0 spiro atoms. The lowest BCUT2D eigenvalue weighted by Crippen LogP contribution is -2.45. The van der Waals surface area contributed by atoms with Crippen molar-refractivity contribution in [3.05, 3.63) is 29.3 Å². The molecule has 1 aromatic carbocycles. The van der Waals surface area contributed by atoms with Gasteiger partial charge < -0.3 is 15.3 Å². The summed E-state index contributed by atoms with van der Waals surface area (Å²) in [6, 6.07) is 3.79. The maximum absolute atomic E-state index is 11.8. The van der Waals surface area contributed by atoms with Crippen LogP contribution in [-0.2, 0) is 16.2 Å². The molecule has 0 saturated carbocycles. The van der Waals surface area contributed by atoms with E-state index in [-0.39, 0.29) is 6.61 Å². The van der Waals surface area contributed by atoms with Crippen LogP contribution in [0, 0.1) is 6.92 Å². The first-order valence-electron chi connectivity index (χ1n) is 5.79. The van der Waals surface area contributed by atoms with Crippen LogP contribution in [-0.4, -0.2) is 39.8 Å². The van der Waals surface area contributed by atoms with E-state index in [1.165, 1.54) is 6.92 Å². The zero-order chi connectivity index (χ0) is 14.6. The molecule has 0 aromatic heterocycles. The fraction of sp³-hybridized carbons (Fsp3) is 0.385. The zero-order valence-electron chi connectivity index (χ0n) is 10.8. The number of aliphatic hydroxyl groups is 2. The Morgan fingerprint density at radius 1 is 1.32 bits per heavy atom. The molecule has 0 aliphatic rings. The van der Waals surface area contributed by atoms with Gasteiger partial charge in [0.25, 0.3) is 5.91 Å². The molecule has 0 fully saturated rings. The molecule has 104 valence electrons. The normalized spacial score (nSPS) is 12.0. The van der Waals surface area contributed by atoms with Crippen molar-refractivity contribution in [1.82, 2.24) is 0 Å². The molecule has 0 heterocycles. The number of aliphatic carboxylic acids is 1. The molecular weight excluding hydrogens is 250 g/mol. The molecule has 0 aliphatic heterocycles. The maximum Gasteiger partial charge on any atom is 0.326 e. The van der Waals surface area contributed by atoms with Gasteiger partial charge in [-0.05, 0) is 31.0 Å². The molecule has 0 saturated heterocycles. The molecule has 0 aliphatic carbocycles. The molecular formula is C13H17NO5. The van der Waals surface area contributed by atoms with Crippen LogP contribution in [0.25, 0.3) is 0 Å². The first kappa shape index (κ1) is 15.1. The van der Waals surface area contributed by atoms with E-state index in [2.05, 4.69) is 0 Å². The van der Waals surface area contributed by atoms with Crippen molar-refractivity contribution in [3.8, 4) is 0 Å². The molecule has 1 rings (SSSR count). The Labute approximate surface area is 110 Å². The number of benzene rings is 1. The fourth-order valence-electron chi connectivity index (χ4n) is 1.85. The third-order valence-corrected chi connectivity index (χ3v) is 3.00. The van der Waals surface area contributed by atoms with Gasteiger partial charge in [0, 0.05) is 5.69 Å². The molecule has 6 heteroatoms. The third-order valence-electron chi connectivity index (χ3n) is 3.00. The summed E-state index contributed by atoms with van der Waals surface area (Å²) >= 11 is 0. The Morgan fingerprint density at radius 3 is 2.42 bits per heavy atom. The summed E-state index contributed by atoms with van der Waals surface area (Å²) in [5.41, 5.74) is 1.59. The van der Waals surface area contributed by atoms with Gasteiger partial charge in [0.05, 0.1) is 6.61 Å². The summed E-state index contributed by atoms with van der Waals surface area (Å²) in [7, 11) is 0. The van der Waals surface area contributed by atoms with E-state index < -0.39 is 24.5 Å². The smallest absolute Gasteiger partial charge is 0.326 e. The second-order valence-electron chi connectivity index (χ2n) is 4.16. The molecule has 6 nitrogen and oxygen atoms in total. The number of anilines is 1. The SMILES string of the molecule is Cc1c(CO)cccc1N(C(=O)CO)C(C)C(=O)O. The minimum Gasteiger partial charge on any atom is -0.480 e. The highest BCUT2D eigenvalue weighted by Gasteiger charge is 2.28. The highest BCUT2D eigenvalue weighted by atomic mass is 16.4. The Kier molecular flexibility index (Phi) is 5.02. The van der Waals surface area contributed by atoms with E-state index in [1.54, 1.807) is 25.1 Å². The lowest BCUT2D eigenvalue weighted by atomic mass is 10.1. The summed E-state index contributed by atoms with van der Waals surface area (Å²) in [6.07, 6.45) is 0. The fourth-order valence-corrected chi connectivity index (χ4v) is 1.85. The van der Waals surface area contributed by atoms with Crippen molar-refractivity contribution in [1.29, 1.82) is 0 Å². The number of rotatable bonds is 5. The van der Waals surface area contributed by atoms with E-state index in [1.807, 2.05) is 0 Å². The topological polar surface area (TPSA) is 98.1 Å². The van der Waals surface area contributed by atoms with Crippen molar-refractivity contribution >= 4 is 17.6 Å². The lowest BCUT2D eigenvalue weighted by Gasteiger charge is -2.28. The Morgan fingerprint density at radius 2 is 1.95 bits per heavy atom. The monoisotopic (exact) mass is 267 g/mol. The van der Waals surface area contributed by atoms with Crippen LogP contribution in [0.15, 0.2) is 18.2 Å². The number of aliphatic hydroxyl groups excluding tert-OH is 2. The van der Waals surface area contributed by atoms with Crippen molar-refractivity contribution in [2.24, 2.45) is 0 Å². The zero-order valence-corrected chi connectivity index (χ0v) is 10.8. The van der Waals surface area contributed by atoms with Crippen LogP contribution in [0.4, 0.5) is 5.69 Å². The number of nitrogens with zero attached hydrogens (tertiary/aromatic N) is 1. The number of hydrogen-bond donors (Lipinski definition) is 3. The standard InChI is InChI=1S/C13H17NO5/c1-8-10(6-15)4-3-5-11(8)14(12(17)7-16)9(2)13(18)19/h3-5,9,15-16H,6-7H2,1-2H3,(H,18,19). The predicted octanol–water partition coefficient (Wildman–Crippen LogP) is 0.286. The van der Waals surface area contributed by atoms with Crippen molar-refractivity contribution < 1.29 is 24.9 Å². The largest absolute Gasteiger partial charge is 0.480 e. The average Bonchev–Trinajstić information content (AvgIpc) is 2.40. The van der Waals surface area contributed by atoms with E-state index in [0.717, 1.165) is 4.90 Å². The van der Waals surface area contributed by atoms with Crippen LogP contribution in [0.5, 0.6) is 0 Å². The van der Waals surface area contributed by atoms with Crippen LogP contribution in [0.3, 0.4) is 0 Å². The van der Waals surface area contributed by atoms with Gasteiger partial charge in [0.2, 0.25) is 0 Å². The van der Waals surface area contributed by atoms with Gasteiger partial charge in [-0.15, -0.1) is 0 Å². The molecule has 1 unspecified atom stereocenters. The van der Waals surface area contributed by atoms with Gasteiger partial charge in [0.1, 0.15) is 12.6 Å². The number of amides is 1. The molecule has 3 N–H and O–H groups in total. The van der Waals surface area contributed by atoms with Crippen LogP contribution in [0.1, 0.15) is 18.1 Å². The van der Waals surface area contributed by atoms with Crippen LogP contribution < -0.4 is 4.90 Å². The minimum atomic E-state index is -1.17. The van der Waals surface area contributed by atoms with E-state index in [9.17, 15) is 14.7 Å². The van der Waals surface area contributed by atoms with Crippen molar-refractivity contribution in [3.63, 3.8) is 0 Å². The van der Waals surface area contributed by atoms with Crippen molar-refractivity contribution in [2.75, 3.05) is 11.5 Å². The van der Waals surface area contributed by atoms with Crippen LogP contribution in [0.2, 0.25) is 0 Å². The van der Waals surface area contributed by atoms with E-state index >= 15 is 0 Å². The molecule has 1 aromatic rings. The summed E-state index contributed by atoms with van der Waals surface area (Å²) in [4.78, 5) is 23.9. The molecule has 1 amide bonds. The second kappa shape index (κ2) is 6.31. The second-order valence-corrected chi connectivity index (χ2v) is 4.16. The first-order valence-corrected chi connectivity index (χ1v) is 5.79. The Bertz CT molecular complexity index is 486. The highest BCUT2D eigenvalue weighted by Crippen LogP contribution is 2.25. The summed E-state index contributed by atoms with van der Waals surface area (Å²) in [5.74, 6) is -1.87. The molecule has 0 radical (unpaired) electrons. The van der Waals surface area contributed by atoms with Gasteiger partial charge in [0.15, 0.2) is 0 Å². The first-order chi connectivity index (χ1) is 8.93. The van der Waals surface area contributed by atoms with Gasteiger partial charge in [-0.25, -0.2) is 4.79 Å². The number of carbonyl (C=O) groups is 2. The quantitative estimate of drug-likeness (QED) is 0.712. The lowest BCUT2D eigenvalue weighted by molar-refractivity contribution is -0.140. The minimum absolute atomic E-state index is 0.206. The summed E-state index contributed by atoms with van der Waals surface area (Å²) < 4.78 is 0. The summed E-state index contributed by atoms with van der Waals surface area (Å²) in [6.45, 7) is 2.07. The number of carboxylic acid groups (broad SMARTS) is 1. The van der Waals surface area contributed by atoms with E-state index in [4.69, 9.17) is 10.2 Å². The Hall–Kier alpha value is -1.92. The van der Waals surface area contributed by atoms with Gasteiger partial charge in [-0.3, -0.25) is 9.69 Å². The van der Waals surface area contributed by atoms with Crippen molar-refractivity contribution in [2.45, 2.75) is 26.5 Å². The van der Waals surface area contributed by atoms with E-state index in [0.29, 0.717) is 16.8 Å². The van der Waals surface area contributed by atoms with Gasteiger partial charge >= 0.3 is 5.97 Å². The number of hydrogen-bond acceptors (Lipinski definition) is 4. The maximum atomic E-state index is 11.8. The molecule has 19 heavy (non-hydrogen) atoms. The third kappa shape index (κ3) is 3.10. The Balaban J connectivity index is 3.33. The summed E-state index contributed by atoms with van der Waals surface area (Å²) in [5, 5.41) is 27.2. The van der Waals surface area contributed by atoms with Crippen LogP contribution >= 0.6 is 0 Å².